The van der Waals surface area contributed by atoms with Crippen LogP contribution >= 0.6 is 0 Å². The Kier molecular flexibility index (Phi) is 4.69. The van der Waals surface area contributed by atoms with Crippen LogP contribution in [-0.4, -0.2) is 64.5 Å². The van der Waals surface area contributed by atoms with Crippen molar-refractivity contribution in [3.63, 3.8) is 0 Å². The van der Waals surface area contributed by atoms with Crippen LogP contribution in [0.5, 0.6) is 0 Å². The van der Waals surface area contributed by atoms with Crippen LogP contribution in [0, 0.1) is 5.92 Å². The molecule has 0 aromatic rings. The number of carboxylic acid groups (broad SMARTS) is 1. The second kappa shape index (κ2) is 6.32. The molecular weight excluding hydrogens is 274 g/mol. The van der Waals surface area contributed by atoms with Gasteiger partial charge < -0.3 is 20.2 Å². The highest BCUT2D eigenvalue weighted by atomic mass is 16.4. The second-order valence-corrected chi connectivity index (χ2v) is 5.87. The maximum Gasteiger partial charge on any atom is 0.326 e. The van der Waals surface area contributed by atoms with Gasteiger partial charge in [0, 0.05) is 19.6 Å². The number of rotatable bonds is 2. The molecule has 2 heterocycles. The van der Waals surface area contributed by atoms with E-state index in [2.05, 4.69) is 5.32 Å². The van der Waals surface area contributed by atoms with Gasteiger partial charge in [0.15, 0.2) is 0 Å². The third kappa shape index (κ3) is 3.11. The number of hydrogen-bond acceptors (Lipinski definition) is 3. The molecule has 0 bridgehead atoms. The molecule has 7 heteroatoms. The predicted molar refractivity (Wildman–Crippen MR) is 75.7 cm³/mol. The van der Waals surface area contributed by atoms with E-state index in [1.807, 2.05) is 13.8 Å². The fraction of sp³-hybridized carbons (Fsp3) is 0.786. The Morgan fingerprint density at radius 3 is 2.67 bits per heavy atom. The molecule has 3 amide bonds. The average molecular weight is 297 g/mol. The van der Waals surface area contributed by atoms with Crippen molar-refractivity contribution in [1.82, 2.24) is 15.1 Å². The van der Waals surface area contributed by atoms with Crippen LogP contribution in [-0.2, 0) is 9.59 Å². The Labute approximate surface area is 124 Å². The number of carbonyl (C=O) groups is 3. The van der Waals surface area contributed by atoms with Crippen LogP contribution in [0.25, 0.3) is 0 Å². The van der Waals surface area contributed by atoms with Crippen molar-refractivity contribution in [1.29, 1.82) is 0 Å². The predicted octanol–water partition coefficient (Wildman–Crippen LogP) is 0.502. The first kappa shape index (κ1) is 15.6. The summed E-state index contributed by atoms with van der Waals surface area (Å²) < 4.78 is 0. The number of hydrogen-bond donors (Lipinski definition) is 2. The average Bonchev–Trinajstić information content (AvgIpc) is 2.46. The molecule has 2 aliphatic heterocycles. The lowest BCUT2D eigenvalue weighted by Gasteiger charge is -2.42. The number of carboxylic acids is 1. The Morgan fingerprint density at radius 1 is 1.33 bits per heavy atom. The van der Waals surface area contributed by atoms with Gasteiger partial charge in [0.25, 0.3) is 0 Å². The Morgan fingerprint density at radius 2 is 2.05 bits per heavy atom. The fourth-order valence-electron chi connectivity index (χ4n) is 3.12. The van der Waals surface area contributed by atoms with E-state index in [1.54, 1.807) is 0 Å². The molecule has 0 saturated carbocycles. The number of nitrogens with zero attached hydrogens (tertiary/aromatic N) is 2. The van der Waals surface area contributed by atoms with Gasteiger partial charge in [0.1, 0.15) is 12.1 Å². The summed E-state index contributed by atoms with van der Waals surface area (Å²) >= 11 is 0. The zero-order chi connectivity index (χ0) is 15.6. The number of piperazine rings is 1. The Hall–Kier alpha value is -1.79. The van der Waals surface area contributed by atoms with E-state index in [9.17, 15) is 19.5 Å². The van der Waals surface area contributed by atoms with Gasteiger partial charge in [0.2, 0.25) is 5.91 Å². The monoisotopic (exact) mass is 297 g/mol. The number of piperidine rings is 1. The van der Waals surface area contributed by atoms with Crippen LogP contribution < -0.4 is 5.32 Å². The summed E-state index contributed by atoms with van der Waals surface area (Å²) in [6.07, 6.45) is 1.80. The van der Waals surface area contributed by atoms with Crippen LogP contribution in [0.15, 0.2) is 0 Å². The summed E-state index contributed by atoms with van der Waals surface area (Å²) in [6.45, 7) is 5.14. The smallest absolute Gasteiger partial charge is 0.326 e. The van der Waals surface area contributed by atoms with Gasteiger partial charge in [-0.2, -0.15) is 0 Å². The van der Waals surface area contributed by atoms with E-state index < -0.39 is 18.1 Å². The molecule has 2 aliphatic rings. The Bertz CT molecular complexity index is 440. The lowest BCUT2D eigenvalue weighted by molar-refractivity contribution is -0.144. The molecule has 0 aliphatic carbocycles. The summed E-state index contributed by atoms with van der Waals surface area (Å²) in [4.78, 5) is 38.9. The SMILES string of the molecule is CCC1C(=O)NCCN1C(=O)N1CCC(C)CC1C(=O)O. The first-order valence-electron chi connectivity index (χ1n) is 7.53. The molecule has 2 rings (SSSR count). The summed E-state index contributed by atoms with van der Waals surface area (Å²) in [5, 5.41) is 12.1. The summed E-state index contributed by atoms with van der Waals surface area (Å²) in [5.41, 5.74) is 0. The summed E-state index contributed by atoms with van der Waals surface area (Å²) in [6, 6.07) is -1.61. The minimum Gasteiger partial charge on any atom is -0.480 e. The van der Waals surface area contributed by atoms with Crippen molar-refractivity contribution in [2.24, 2.45) is 5.92 Å². The van der Waals surface area contributed by atoms with E-state index in [0.717, 1.165) is 6.42 Å². The molecule has 7 nitrogen and oxygen atoms in total. The topological polar surface area (TPSA) is 90.0 Å². The standard InChI is InChI=1S/C14H23N3O4/c1-3-10-12(18)15-5-7-17(10)14(21)16-6-4-9(2)8-11(16)13(19)20/h9-11H,3-8H2,1-2H3,(H,15,18)(H,19,20). The van der Waals surface area contributed by atoms with E-state index in [-0.39, 0.29) is 11.9 Å². The van der Waals surface area contributed by atoms with Gasteiger partial charge in [-0.25, -0.2) is 9.59 Å². The van der Waals surface area contributed by atoms with Crippen molar-refractivity contribution >= 4 is 17.9 Å². The van der Waals surface area contributed by atoms with Gasteiger partial charge >= 0.3 is 12.0 Å². The maximum atomic E-state index is 12.7. The molecule has 0 aromatic carbocycles. The highest BCUT2D eigenvalue weighted by Crippen LogP contribution is 2.25. The minimum absolute atomic E-state index is 0.158. The summed E-state index contributed by atoms with van der Waals surface area (Å²) in [7, 11) is 0. The number of urea groups is 1. The largest absolute Gasteiger partial charge is 0.480 e. The lowest BCUT2D eigenvalue weighted by Crippen LogP contribution is -2.62. The van der Waals surface area contributed by atoms with Gasteiger partial charge in [-0.1, -0.05) is 13.8 Å². The van der Waals surface area contributed by atoms with Crippen LogP contribution in [0.1, 0.15) is 33.1 Å². The molecule has 21 heavy (non-hydrogen) atoms. The minimum atomic E-state index is -0.968. The molecule has 0 aromatic heterocycles. The van der Waals surface area contributed by atoms with Crippen LogP contribution in [0.4, 0.5) is 4.79 Å². The summed E-state index contributed by atoms with van der Waals surface area (Å²) in [5.74, 6) is -0.833. The second-order valence-electron chi connectivity index (χ2n) is 5.87. The number of amides is 3. The van der Waals surface area contributed by atoms with E-state index in [1.165, 1.54) is 9.80 Å². The third-order valence-corrected chi connectivity index (χ3v) is 4.36. The molecule has 2 N–H and O–H groups in total. The molecule has 0 radical (unpaired) electrons. The molecule has 3 unspecified atom stereocenters. The maximum absolute atomic E-state index is 12.7. The highest BCUT2D eigenvalue weighted by Gasteiger charge is 2.40. The van der Waals surface area contributed by atoms with Crippen molar-refractivity contribution in [3.05, 3.63) is 0 Å². The number of carbonyl (C=O) groups excluding carboxylic acids is 2. The third-order valence-electron chi connectivity index (χ3n) is 4.36. The highest BCUT2D eigenvalue weighted by molar-refractivity contribution is 5.90. The van der Waals surface area contributed by atoms with Gasteiger partial charge in [-0.05, 0) is 25.2 Å². The molecule has 2 fully saturated rings. The first-order chi connectivity index (χ1) is 9.95. The zero-order valence-corrected chi connectivity index (χ0v) is 12.5. The molecule has 3 atom stereocenters. The van der Waals surface area contributed by atoms with E-state index in [0.29, 0.717) is 38.4 Å². The van der Waals surface area contributed by atoms with E-state index in [4.69, 9.17) is 0 Å². The normalized spacial score (nSPS) is 30.0. The zero-order valence-electron chi connectivity index (χ0n) is 12.5. The fourth-order valence-corrected chi connectivity index (χ4v) is 3.12. The van der Waals surface area contributed by atoms with Crippen molar-refractivity contribution in [2.75, 3.05) is 19.6 Å². The lowest BCUT2D eigenvalue weighted by atomic mass is 9.92. The molecule has 2 saturated heterocycles. The number of likely N-dealkylation sites (tertiary alicyclic amines) is 1. The van der Waals surface area contributed by atoms with Crippen molar-refractivity contribution in [3.8, 4) is 0 Å². The Balaban J connectivity index is 2.16. The molecule has 118 valence electrons. The van der Waals surface area contributed by atoms with Gasteiger partial charge in [0.05, 0.1) is 0 Å². The van der Waals surface area contributed by atoms with E-state index >= 15 is 0 Å². The quantitative estimate of drug-likeness (QED) is 0.776. The van der Waals surface area contributed by atoms with Crippen LogP contribution in [0.2, 0.25) is 0 Å². The first-order valence-corrected chi connectivity index (χ1v) is 7.53. The van der Waals surface area contributed by atoms with Crippen molar-refractivity contribution < 1.29 is 19.5 Å². The molecular formula is C14H23N3O4. The van der Waals surface area contributed by atoms with Gasteiger partial charge in [-0.15, -0.1) is 0 Å². The van der Waals surface area contributed by atoms with Gasteiger partial charge in [-0.3, -0.25) is 4.79 Å². The number of aliphatic carboxylic acids is 1. The van der Waals surface area contributed by atoms with Crippen molar-refractivity contribution in [2.45, 2.75) is 45.2 Å². The number of nitrogens with one attached hydrogen (secondary N) is 1. The van der Waals surface area contributed by atoms with Crippen LogP contribution in [0.3, 0.4) is 0 Å². The molecule has 0 spiro atoms.